The van der Waals surface area contributed by atoms with E-state index in [4.69, 9.17) is 4.89 Å². The van der Waals surface area contributed by atoms with Crippen LogP contribution < -0.4 is 0 Å². The number of hydrogen-bond donors (Lipinski definition) is 1. The molecule has 0 radical (unpaired) electrons. The van der Waals surface area contributed by atoms with Crippen molar-refractivity contribution in [1.82, 2.24) is 0 Å². The summed E-state index contributed by atoms with van der Waals surface area (Å²) >= 11 is 0. The fraction of sp³-hybridized carbons (Fsp3) is 1.00. The highest BCUT2D eigenvalue weighted by atomic mass is 31.2. The van der Waals surface area contributed by atoms with Crippen LogP contribution in [0.1, 0.15) is 20.3 Å². The summed E-state index contributed by atoms with van der Waals surface area (Å²) in [5.41, 5.74) is 0. The number of rotatable bonds is 1. The Balaban J connectivity index is 2.51. The van der Waals surface area contributed by atoms with E-state index in [9.17, 15) is 4.57 Å². The second kappa shape index (κ2) is 2.67. The van der Waals surface area contributed by atoms with Crippen molar-refractivity contribution in [2.45, 2.75) is 20.3 Å². The highest BCUT2D eigenvalue weighted by Crippen LogP contribution is 2.51. The molecule has 0 aromatic carbocycles. The summed E-state index contributed by atoms with van der Waals surface area (Å²) in [6, 6.07) is 0. The first-order valence-corrected chi connectivity index (χ1v) is 5.85. The lowest BCUT2D eigenvalue weighted by Gasteiger charge is -2.11. The molecular formula is C7H15O2P. The highest BCUT2D eigenvalue weighted by Gasteiger charge is 2.33. The summed E-state index contributed by atoms with van der Waals surface area (Å²) in [5, 5.41) is 0. The average molecular weight is 162 g/mol. The minimum absolute atomic E-state index is 0.496. The van der Waals surface area contributed by atoms with Gasteiger partial charge in [0.1, 0.15) is 0 Å². The van der Waals surface area contributed by atoms with Gasteiger partial charge in [0.2, 0.25) is 7.37 Å². The molecule has 1 aliphatic rings. The predicted molar refractivity (Wildman–Crippen MR) is 42.5 cm³/mol. The van der Waals surface area contributed by atoms with Crippen molar-refractivity contribution in [2.75, 3.05) is 12.3 Å². The van der Waals surface area contributed by atoms with E-state index in [0.717, 1.165) is 6.42 Å². The van der Waals surface area contributed by atoms with Crippen LogP contribution in [0.3, 0.4) is 0 Å². The topological polar surface area (TPSA) is 37.3 Å². The summed E-state index contributed by atoms with van der Waals surface area (Å²) in [4.78, 5) is 9.17. The van der Waals surface area contributed by atoms with Crippen LogP contribution >= 0.6 is 7.37 Å². The van der Waals surface area contributed by atoms with Crippen LogP contribution in [-0.2, 0) is 4.57 Å². The fourth-order valence-corrected chi connectivity index (χ4v) is 3.72. The van der Waals surface area contributed by atoms with E-state index in [1.165, 1.54) is 0 Å². The van der Waals surface area contributed by atoms with Gasteiger partial charge < -0.3 is 4.89 Å². The molecule has 3 heteroatoms. The molecule has 1 heterocycles. The highest BCUT2D eigenvalue weighted by molar-refractivity contribution is 7.58. The van der Waals surface area contributed by atoms with Gasteiger partial charge in [-0.05, 0) is 18.3 Å². The molecule has 1 fully saturated rings. The molecule has 0 aromatic rings. The van der Waals surface area contributed by atoms with Crippen LogP contribution in [0.25, 0.3) is 0 Å². The first-order valence-electron chi connectivity index (χ1n) is 3.82. The molecule has 1 aliphatic heterocycles. The molecule has 2 atom stereocenters. The maximum Gasteiger partial charge on any atom is 0.200 e. The van der Waals surface area contributed by atoms with Crippen molar-refractivity contribution >= 4 is 7.37 Å². The first-order chi connectivity index (χ1) is 4.51. The third kappa shape index (κ3) is 1.83. The Morgan fingerprint density at radius 2 is 2.20 bits per heavy atom. The maximum atomic E-state index is 11.1. The lowest BCUT2D eigenvalue weighted by atomic mass is 9.96. The Hall–Kier alpha value is 0.190. The zero-order chi connectivity index (χ0) is 7.78. The molecule has 0 amide bonds. The van der Waals surface area contributed by atoms with Crippen LogP contribution in [0, 0.1) is 11.8 Å². The molecule has 1 saturated heterocycles. The minimum atomic E-state index is -2.65. The SMILES string of the molecule is CC(C)[C@H]1CCP(=O)(O)C1. The molecule has 0 saturated carbocycles. The van der Waals surface area contributed by atoms with Crippen LogP contribution in [-0.4, -0.2) is 17.2 Å². The van der Waals surface area contributed by atoms with Crippen LogP contribution in [0.4, 0.5) is 0 Å². The monoisotopic (exact) mass is 162 g/mol. The summed E-state index contributed by atoms with van der Waals surface area (Å²) in [5.74, 6) is 1.07. The molecule has 1 rings (SSSR count). The third-order valence-corrected chi connectivity index (χ3v) is 4.31. The smallest absolute Gasteiger partial charge is 0.200 e. The van der Waals surface area contributed by atoms with Crippen molar-refractivity contribution in [1.29, 1.82) is 0 Å². The van der Waals surface area contributed by atoms with Gasteiger partial charge in [0.05, 0.1) is 0 Å². The fourth-order valence-electron chi connectivity index (χ4n) is 1.46. The van der Waals surface area contributed by atoms with Crippen LogP contribution in [0.2, 0.25) is 0 Å². The molecule has 0 aliphatic carbocycles. The number of hydrogen-bond acceptors (Lipinski definition) is 1. The van der Waals surface area contributed by atoms with Gasteiger partial charge in [-0.2, -0.15) is 0 Å². The van der Waals surface area contributed by atoms with Gasteiger partial charge in [-0.25, -0.2) is 0 Å². The lowest BCUT2D eigenvalue weighted by Crippen LogP contribution is -2.06. The molecule has 1 unspecified atom stereocenters. The van der Waals surface area contributed by atoms with Gasteiger partial charge in [0.25, 0.3) is 0 Å². The Morgan fingerprint density at radius 3 is 2.40 bits per heavy atom. The third-order valence-electron chi connectivity index (χ3n) is 2.31. The largest absolute Gasteiger partial charge is 0.344 e. The second-order valence-electron chi connectivity index (χ2n) is 3.55. The Kier molecular flexibility index (Phi) is 2.21. The van der Waals surface area contributed by atoms with Gasteiger partial charge in [0, 0.05) is 12.3 Å². The quantitative estimate of drug-likeness (QED) is 0.598. The van der Waals surface area contributed by atoms with Crippen molar-refractivity contribution in [3.05, 3.63) is 0 Å². The summed E-state index contributed by atoms with van der Waals surface area (Å²) in [7, 11) is -2.65. The minimum Gasteiger partial charge on any atom is -0.344 e. The van der Waals surface area contributed by atoms with Crippen molar-refractivity contribution in [3.8, 4) is 0 Å². The summed E-state index contributed by atoms with van der Waals surface area (Å²) in [6.07, 6.45) is 2.06. The van der Waals surface area contributed by atoms with Gasteiger partial charge in [-0.1, -0.05) is 13.8 Å². The second-order valence-corrected chi connectivity index (χ2v) is 6.05. The van der Waals surface area contributed by atoms with Crippen molar-refractivity contribution in [3.63, 3.8) is 0 Å². The molecule has 0 aromatic heterocycles. The Morgan fingerprint density at radius 1 is 1.60 bits per heavy atom. The zero-order valence-electron chi connectivity index (χ0n) is 6.58. The standard InChI is InChI=1S/C7H15O2P/c1-6(2)7-3-4-10(8,9)5-7/h6-7H,3-5H2,1-2H3,(H,8,9)/t7-/m0/s1. The normalized spacial score (nSPS) is 41.0. The maximum absolute atomic E-state index is 11.1. The molecule has 60 valence electrons. The Labute approximate surface area is 62.1 Å². The summed E-state index contributed by atoms with van der Waals surface area (Å²) < 4.78 is 11.1. The van der Waals surface area contributed by atoms with E-state index in [2.05, 4.69) is 13.8 Å². The van der Waals surface area contributed by atoms with E-state index in [1.54, 1.807) is 0 Å². The first kappa shape index (κ1) is 8.29. The molecular weight excluding hydrogens is 147 g/mol. The zero-order valence-corrected chi connectivity index (χ0v) is 7.47. The van der Waals surface area contributed by atoms with E-state index in [-0.39, 0.29) is 0 Å². The molecule has 1 N–H and O–H groups in total. The lowest BCUT2D eigenvalue weighted by molar-refractivity contribution is 0.423. The van der Waals surface area contributed by atoms with Gasteiger partial charge >= 0.3 is 0 Å². The molecule has 0 spiro atoms. The van der Waals surface area contributed by atoms with E-state index >= 15 is 0 Å². The van der Waals surface area contributed by atoms with Gasteiger partial charge in [-0.15, -0.1) is 0 Å². The molecule has 0 bridgehead atoms. The molecule has 10 heavy (non-hydrogen) atoms. The van der Waals surface area contributed by atoms with E-state index in [0.29, 0.717) is 24.2 Å². The van der Waals surface area contributed by atoms with Crippen LogP contribution in [0.15, 0.2) is 0 Å². The van der Waals surface area contributed by atoms with E-state index < -0.39 is 7.37 Å². The molecule has 2 nitrogen and oxygen atoms in total. The average Bonchev–Trinajstić information content (AvgIpc) is 2.10. The van der Waals surface area contributed by atoms with Crippen molar-refractivity contribution < 1.29 is 9.46 Å². The summed E-state index contributed by atoms with van der Waals surface area (Å²) in [6.45, 7) is 4.24. The van der Waals surface area contributed by atoms with Gasteiger partial charge in [0.15, 0.2) is 0 Å². The Bertz CT molecular complexity index is 165. The predicted octanol–water partition coefficient (Wildman–Crippen LogP) is 1.93. The van der Waals surface area contributed by atoms with Gasteiger partial charge in [-0.3, -0.25) is 4.57 Å². The van der Waals surface area contributed by atoms with Crippen LogP contribution in [0.5, 0.6) is 0 Å². The van der Waals surface area contributed by atoms with Crippen molar-refractivity contribution in [2.24, 2.45) is 11.8 Å². The van der Waals surface area contributed by atoms with E-state index in [1.807, 2.05) is 0 Å².